The first-order valence-corrected chi connectivity index (χ1v) is 7.84. The fourth-order valence-electron chi connectivity index (χ4n) is 2.49. The van der Waals surface area contributed by atoms with Crippen molar-refractivity contribution < 1.29 is 9.15 Å². The Morgan fingerprint density at radius 3 is 2.83 bits per heavy atom. The van der Waals surface area contributed by atoms with Gasteiger partial charge >= 0.3 is 5.63 Å². The highest BCUT2D eigenvalue weighted by Gasteiger charge is 2.07. The van der Waals surface area contributed by atoms with Crippen LogP contribution in [0.15, 0.2) is 57.7 Å². The van der Waals surface area contributed by atoms with Gasteiger partial charge in [-0.15, -0.1) is 0 Å². The molecule has 0 spiro atoms. The summed E-state index contributed by atoms with van der Waals surface area (Å²) >= 11 is 5.95. The lowest BCUT2D eigenvalue weighted by atomic mass is 10.1. The first kappa shape index (κ1) is 16.1. The Hall–Kier alpha value is -2.77. The zero-order chi connectivity index (χ0) is 16.9. The summed E-state index contributed by atoms with van der Waals surface area (Å²) < 4.78 is 11.0. The Labute approximate surface area is 143 Å². The van der Waals surface area contributed by atoms with Crippen LogP contribution in [-0.2, 0) is 13.0 Å². The van der Waals surface area contributed by atoms with Crippen molar-refractivity contribution in [2.45, 2.75) is 19.4 Å². The van der Waals surface area contributed by atoms with E-state index >= 15 is 0 Å². The van der Waals surface area contributed by atoms with Crippen LogP contribution in [0.2, 0.25) is 5.02 Å². The van der Waals surface area contributed by atoms with E-state index in [0.29, 0.717) is 35.8 Å². The normalized spacial score (nSPS) is 10.5. The maximum Gasteiger partial charge on any atom is 0.336 e. The summed E-state index contributed by atoms with van der Waals surface area (Å²) in [4.78, 5) is 11.7. The third-order valence-electron chi connectivity index (χ3n) is 3.60. The summed E-state index contributed by atoms with van der Waals surface area (Å²) in [6.07, 6.45) is 0.868. The molecule has 0 N–H and O–H groups in total. The number of fused-ring (bicyclic) bond motifs is 1. The molecule has 0 aliphatic rings. The number of nitriles is 1. The highest BCUT2D eigenvalue weighted by Crippen LogP contribution is 2.24. The van der Waals surface area contributed by atoms with Crippen LogP contribution < -0.4 is 10.4 Å². The number of halogens is 1. The number of hydrogen-bond donors (Lipinski definition) is 0. The second-order valence-electron chi connectivity index (χ2n) is 5.33. The van der Waals surface area contributed by atoms with Gasteiger partial charge in [-0.25, -0.2) is 4.79 Å². The Balaban J connectivity index is 1.85. The van der Waals surface area contributed by atoms with Gasteiger partial charge in [-0.2, -0.15) is 5.26 Å². The van der Waals surface area contributed by atoms with E-state index in [2.05, 4.69) is 6.07 Å². The largest absolute Gasteiger partial charge is 0.489 e. The number of benzene rings is 2. The third kappa shape index (κ3) is 3.76. The predicted octanol–water partition coefficient (Wildman–Crippen LogP) is 4.48. The summed E-state index contributed by atoms with van der Waals surface area (Å²) in [6, 6.07) is 16.3. The highest BCUT2D eigenvalue weighted by molar-refractivity contribution is 6.30. The molecule has 0 saturated heterocycles. The lowest BCUT2D eigenvalue weighted by molar-refractivity contribution is 0.306. The minimum atomic E-state index is -0.428. The van der Waals surface area contributed by atoms with E-state index in [9.17, 15) is 4.79 Å². The summed E-state index contributed by atoms with van der Waals surface area (Å²) in [6.45, 7) is 0.365. The molecule has 5 heteroatoms. The molecule has 0 atom stereocenters. The molecule has 0 amide bonds. The minimum absolute atomic E-state index is 0.353. The smallest absolute Gasteiger partial charge is 0.336 e. The van der Waals surface area contributed by atoms with Crippen molar-refractivity contribution >= 4 is 22.6 Å². The van der Waals surface area contributed by atoms with Gasteiger partial charge in [0, 0.05) is 29.0 Å². The Kier molecular flexibility index (Phi) is 4.83. The van der Waals surface area contributed by atoms with Gasteiger partial charge < -0.3 is 9.15 Å². The van der Waals surface area contributed by atoms with Crippen LogP contribution in [0, 0.1) is 11.3 Å². The van der Waals surface area contributed by atoms with Crippen molar-refractivity contribution in [2.24, 2.45) is 0 Å². The van der Waals surface area contributed by atoms with E-state index in [1.165, 1.54) is 6.07 Å². The maximum atomic E-state index is 11.7. The zero-order valence-corrected chi connectivity index (χ0v) is 13.5. The van der Waals surface area contributed by atoms with Gasteiger partial charge in [-0.05, 0) is 41.8 Å². The lowest BCUT2D eigenvalue weighted by Crippen LogP contribution is -2.01. The molecule has 3 aromatic rings. The van der Waals surface area contributed by atoms with Gasteiger partial charge in [0.05, 0.1) is 6.07 Å². The standard InChI is InChI=1S/C19H14ClNO3/c20-15-5-1-3-13(9-15)12-23-16-6-7-17-14(4-2-8-21)10-19(22)24-18(17)11-16/h1,3,5-7,9-11H,2,4,12H2. The van der Waals surface area contributed by atoms with Gasteiger partial charge in [0.1, 0.15) is 17.9 Å². The van der Waals surface area contributed by atoms with Gasteiger partial charge in [-0.3, -0.25) is 0 Å². The monoisotopic (exact) mass is 339 g/mol. The molecule has 0 fully saturated rings. The fraction of sp³-hybridized carbons (Fsp3) is 0.158. The number of hydrogen-bond acceptors (Lipinski definition) is 4. The van der Waals surface area contributed by atoms with E-state index < -0.39 is 5.63 Å². The van der Waals surface area contributed by atoms with Crippen molar-refractivity contribution in [1.82, 2.24) is 0 Å². The molecule has 0 saturated carbocycles. The minimum Gasteiger partial charge on any atom is -0.489 e. The Morgan fingerprint density at radius 2 is 2.04 bits per heavy atom. The number of nitrogens with zero attached hydrogens (tertiary/aromatic N) is 1. The summed E-state index contributed by atoms with van der Waals surface area (Å²) in [5, 5.41) is 10.2. The van der Waals surface area contributed by atoms with Crippen LogP contribution in [0.4, 0.5) is 0 Å². The lowest BCUT2D eigenvalue weighted by Gasteiger charge is -2.09. The van der Waals surface area contributed by atoms with Crippen LogP contribution in [0.3, 0.4) is 0 Å². The molecule has 3 rings (SSSR count). The van der Waals surface area contributed by atoms with Crippen LogP contribution in [0.1, 0.15) is 17.5 Å². The maximum absolute atomic E-state index is 11.7. The van der Waals surface area contributed by atoms with Crippen molar-refractivity contribution in [2.75, 3.05) is 0 Å². The molecular weight excluding hydrogens is 326 g/mol. The molecule has 0 aliphatic heterocycles. The summed E-state index contributed by atoms with van der Waals surface area (Å²) in [7, 11) is 0. The molecule has 120 valence electrons. The molecule has 0 bridgehead atoms. The van der Waals surface area contributed by atoms with Crippen molar-refractivity contribution in [1.29, 1.82) is 5.26 Å². The fourth-order valence-corrected chi connectivity index (χ4v) is 2.70. The first-order valence-electron chi connectivity index (χ1n) is 7.47. The summed E-state index contributed by atoms with van der Waals surface area (Å²) in [5.74, 6) is 0.600. The van der Waals surface area contributed by atoms with Gasteiger partial charge in [0.15, 0.2) is 0 Å². The number of rotatable bonds is 5. The molecule has 0 radical (unpaired) electrons. The van der Waals surface area contributed by atoms with Crippen molar-refractivity contribution in [3.05, 3.63) is 75.1 Å². The van der Waals surface area contributed by atoms with E-state index in [-0.39, 0.29) is 0 Å². The van der Waals surface area contributed by atoms with Crippen molar-refractivity contribution in [3.8, 4) is 11.8 Å². The SMILES string of the molecule is N#CCCc1cc(=O)oc2cc(OCc3cccc(Cl)c3)ccc12. The van der Waals surface area contributed by atoms with Crippen LogP contribution in [0.25, 0.3) is 11.0 Å². The van der Waals surface area contributed by atoms with E-state index in [1.807, 2.05) is 30.3 Å². The van der Waals surface area contributed by atoms with E-state index in [1.54, 1.807) is 12.1 Å². The molecule has 4 nitrogen and oxygen atoms in total. The topological polar surface area (TPSA) is 63.2 Å². The molecule has 2 aromatic carbocycles. The summed E-state index contributed by atoms with van der Waals surface area (Å²) in [5.41, 5.74) is 1.79. The van der Waals surface area contributed by atoms with Crippen LogP contribution in [-0.4, -0.2) is 0 Å². The number of ether oxygens (including phenoxy) is 1. The number of aryl methyl sites for hydroxylation is 1. The Morgan fingerprint density at radius 1 is 1.17 bits per heavy atom. The average molecular weight is 340 g/mol. The van der Waals surface area contributed by atoms with E-state index in [0.717, 1.165) is 16.5 Å². The Bertz CT molecular complexity index is 972. The second kappa shape index (κ2) is 7.20. The van der Waals surface area contributed by atoms with Gasteiger partial charge in [0.2, 0.25) is 0 Å². The molecule has 0 unspecified atom stereocenters. The van der Waals surface area contributed by atoms with Crippen molar-refractivity contribution in [3.63, 3.8) is 0 Å². The van der Waals surface area contributed by atoms with Gasteiger partial charge in [0.25, 0.3) is 0 Å². The molecular formula is C19H14ClNO3. The quantitative estimate of drug-likeness (QED) is 0.643. The third-order valence-corrected chi connectivity index (χ3v) is 3.84. The van der Waals surface area contributed by atoms with Crippen LogP contribution in [0.5, 0.6) is 5.75 Å². The second-order valence-corrected chi connectivity index (χ2v) is 5.76. The molecule has 1 heterocycles. The highest BCUT2D eigenvalue weighted by atomic mass is 35.5. The molecule has 0 aliphatic carbocycles. The van der Waals surface area contributed by atoms with E-state index in [4.69, 9.17) is 26.0 Å². The molecule has 24 heavy (non-hydrogen) atoms. The zero-order valence-electron chi connectivity index (χ0n) is 12.8. The predicted molar refractivity (Wildman–Crippen MR) is 92.2 cm³/mol. The van der Waals surface area contributed by atoms with Gasteiger partial charge in [-0.1, -0.05) is 23.7 Å². The molecule has 1 aromatic heterocycles. The average Bonchev–Trinajstić information content (AvgIpc) is 2.57. The first-order chi connectivity index (χ1) is 11.7. The van der Waals surface area contributed by atoms with Crippen LogP contribution >= 0.6 is 11.6 Å².